The first-order valence-electron chi connectivity index (χ1n) is 5.73. The summed E-state index contributed by atoms with van der Waals surface area (Å²) in [5, 5.41) is 0. The van der Waals surface area contributed by atoms with Crippen LogP contribution in [0.4, 0.5) is 13.2 Å². The molecule has 0 aromatic carbocycles. The van der Waals surface area contributed by atoms with E-state index in [1.165, 1.54) is 6.39 Å². The summed E-state index contributed by atoms with van der Waals surface area (Å²) in [7, 11) is 0. The van der Waals surface area contributed by atoms with Crippen molar-refractivity contribution in [2.75, 3.05) is 0 Å². The molecule has 0 spiro atoms. The molecule has 2 unspecified atom stereocenters. The largest absolute Gasteiger partial charge is 0.448 e. The van der Waals surface area contributed by atoms with Gasteiger partial charge in [-0.3, -0.25) is 0 Å². The van der Waals surface area contributed by atoms with Crippen LogP contribution in [0.2, 0.25) is 0 Å². The zero-order valence-corrected chi connectivity index (χ0v) is 9.33. The smallest absolute Gasteiger partial charge is 0.392 e. The van der Waals surface area contributed by atoms with Crippen molar-refractivity contribution in [1.82, 2.24) is 4.98 Å². The van der Waals surface area contributed by atoms with Gasteiger partial charge in [-0.05, 0) is 12.8 Å². The second-order valence-electron chi connectivity index (χ2n) is 4.41. The number of nitrogens with two attached hydrogens (primary N) is 1. The van der Waals surface area contributed by atoms with Crippen LogP contribution in [0.25, 0.3) is 0 Å². The molecule has 1 heterocycles. The molecule has 2 atom stereocenters. The maximum absolute atomic E-state index is 12.9. The highest BCUT2D eigenvalue weighted by Gasteiger charge is 2.47. The molecular weight excluding hydrogens is 233 g/mol. The molecule has 6 heteroatoms. The summed E-state index contributed by atoms with van der Waals surface area (Å²) in [5.41, 5.74) is 5.90. The normalized spacial score (nSPS) is 26.1. The van der Waals surface area contributed by atoms with Crippen LogP contribution in [-0.4, -0.2) is 11.2 Å². The van der Waals surface area contributed by atoms with E-state index in [-0.39, 0.29) is 13.0 Å². The van der Waals surface area contributed by atoms with Crippen LogP contribution in [0.5, 0.6) is 0 Å². The average Bonchev–Trinajstić information content (AvgIpc) is 2.75. The zero-order valence-electron chi connectivity index (χ0n) is 9.33. The number of aromatic nitrogens is 1. The lowest BCUT2D eigenvalue weighted by Crippen LogP contribution is -2.32. The number of hydrogen-bond acceptors (Lipinski definition) is 3. The van der Waals surface area contributed by atoms with E-state index in [1.807, 2.05) is 0 Å². The number of halogens is 3. The lowest BCUT2D eigenvalue weighted by atomic mass is 9.77. The minimum atomic E-state index is -4.18. The Morgan fingerprint density at radius 2 is 2.06 bits per heavy atom. The summed E-state index contributed by atoms with van der Waals surface area (Å²) in [6.45, 7) is 0.118. The number of oxazole rings is 1. The van der Waals surface area contributed by atoms with Crippen LogP contribution < -0.4 is 5.73 Å². The highest BCUT2D eigenvalue weighted by Crippen LogP contribution is 2.46. The van der Waals surface area contributed by atoms with Crippen molar-refractivity contribution < 1.29 is 17.6 Å². The van der Waals surface area contributed by atoms with Crippen LogP contribution in [-0.2, 0) is 6.54 Å². The van der Waals surface area contributed by atoms with E-state index in [0.29, 0.717) is 24.3 Å². The van der Waals surface area contributed by atoms with Gasteiger partial charge in [0.1, 0.15) is 5.76 Å². The third-order valence-electron chi connectivity index (χ3n) is 3.39. The molecule has 1 aliphatic carbocycles. The van der Waals surface area contributed by atoms with Gasteiger partial charge in [0.2, 0.25) is 0 Å². The lowest BCUT2D eigenvalue weighted by Gasteiger charge is -2.31. The quantitative estimate of drug-likeness (QED) is 0.875. The molecule has 0 bridgehead atoms. The summed E-state index contributed by atoms with van der Waals surface area (Å²) < 4.78 is 43.9. The molecule has 0 saturated heterocycles. The molecule has 17 heavy (non-hydrogen) atoms. The first-order chi connectivity index (χ1) is 8.04. The SMILES string of the molecule is NCc1ncoc1C1CCCCC1C(F)(F)F. The molecule has 2 N–H and O–H groups in total. The Balaban J connectivity index is 2.28. The van der Waals surface area contributed by atoms with Crippen molar-refractivity contribution >= 4 is 0 Å². The molecule has 96 valence electrons. The van der Waals surface area contributed by atoms with Gasteiger partial charge in [0.25, 0.3) is 0 Å². The van der Waals surface area contributed by atoms with Gasteiger partial charge in [0.15, 0.2) is 6.39 Å². The Hall–Kier alpha value is -1.04. The van der Waals surface area contributed by atoms with Gasteiger partial charge in [-0.25, -0.2) is 4.98 Å². The number of alkyl halides is 3. The van der Waals surface area contributed by atoms with Crippen LogP contribution in [0, 0.1) is 5.92 Å². The topological polar surface area (TPSA) is 52.0 Å². The first kappa shape index (κ1) is 12.4. The highest BCUT2D eigenvalue weighted by molar-refractivity contribution is 5.15. The molecule has 0 radical (unpaired) electrons. The third kappa shape index (κ3) is 2.46. The van der Waals surface area contributed by atoms with Crippen LogP contribution >= 0.6 is 0 Å². The fraction of sp³-hybridized carbons (Fsp3) is 0.727. The van der Waals surface area contributed by atoms with Crippen molar-refractivity contribution in [3.8, 4) is 0 Å². The maximum atomic E-state index is 12.9. The minimum absolute atomic E-state index is 0.118. The van der Waals surface area contributed by atoms with E-state index in [4.69, 9.17) is 10.2 Å². The number of hydrogen-bond donors (Lipinski definition) is 1. The summed E-state index contributed by atoms with van der Waals surface area (Å²) in [4.78, 5) is 3.87. The van der Waals surface area contributed by atoms with E-state index in [9.17, 15) is 13.2 Å². The Morgan fingerprint density at radius 3 is 2.71 bits per heavy atom. The van der Waals surface area contributed by atoms with Gasteiger partial charge in [0, 0.05) is 12.5 Å². The van der Waals surface area contributed by atoms with Crippen LogP contribution in [0.3, 0.4) is 0 Å². The van der Waals surface area contributed by atoms with Crippen molar-refractivity contribution in [1.29, 1.82) is 0 Å². The highest BCUT2D eigenvalue weighted by atomic mass is 19.4. The van der Waals surface area contributed by atoms with Crippen LogP contribution in [0.1, 0.15) is 43.1 Å². The minimum Gasteiger partial charge on any atom is -0.448 e. The number of rotatable bonds is 2. The van der Waals surface area contributed by atoms with Gasteiger partial charge >= 0.3 is 6.18 Å². The predicted octanol–water partition coefficient (Wildman–Crippen LogP) is 2.97. The standard InChI is InChI=1S/C11H15F3N2O/c12-11(13,14)8-4-2-1-3-7(8)10-9(5-15)16-6-17-10/h6-8H,1-5,15H2. The van der Waals surface area contributed by atoms with Gasteiger partial charge in [-0.2, -0.15) is 13.2 Å². The van der Waals surface area contributed by atoms with Gasteiger partial charge in [-0.1, -0.05) is 12.8 Å². The summed E-state index contributed by atoms with van der Waals surface area (Å²) in [5.74, 6) is -1.62. The van der Waals surface area contributed by atoms with Gasteiger partial charge < -0.3 is 10.2 Å². The lowest BCUT2D eigenvalue weighted by molar-refractivity contribution is -0.188. The van der Waals surface area contributed by atoms with Crippen LogP contribution in [0.15, 0.2) is 10.8 Å². The molecule has 1 fully saturated rings. The maximum Gasteiger partial charge on any atom is 0.392 e. The molecule has 1 aromatic heterocycles. The Labute approximate surface area is 97.2 Å². The fourth-order valence-electron chi connectivity index (χ4n) is 2.57. The van der Waals surface area contributed by atoms with Gasteiger partial charge in [-0.15, -0.1) is 0 Å². The van der Waals surface area contributed by atoms with E-state index < -0.39 is 18.0 Å². The fourth-order valence-corrected chi connectivity index (χ4v) is 2.57. The molecule has 3 nitrogen and oxygen atoms in total. The van der Waals surface area contributed by atoms with Crippen molar-refractivity contribution in [2.45, 2.75) is 44.3 Å². The molecule has 1 saturated carbocycles. The molecule has 2 rings (SSSR count). The van der Waals surface area contributed by atoms with E-state index in [2.05, 4.69) is 4.98 Å². The summed E-state index contributed by atoms with van der Waals surface area (Å²) in [6.07, 6.45) is -0.927. The first-order valence-corrected chi connectivity index (χ1v) is 5.73. The van der Waals surface area contributed by atoms with E-state index in [0.717, 1.165) is 6.42 Å². The monoisotopic (exact) mass is 248 g/mol. The van der Waals surface area contributed by atoms with Crippen molar-refractivity contribution in [3.63, 3.8) is 0 Å². The second-order valence-corrected chi connectivity index (χ2v) is 4.41. The second kappa shape index (κ2) is 4.68. The van der Waals surface area contributed by atoms with Gasteiger partial charge in [0.05, 0.1) is 11.6 Å². The average molecular weight is 248 g/mol. The Bertz CT molecular complexity index is 375. The van der Waals surface area contributed by atoms with E-state index in [1.54, 1.807) is 0 Å². The third-order valence-corrected chi connectivity index (χ3v) is 3.39. The molecule has 0 amide bonds. The molecule has 1 aromatic rings. The molecule has 1 aliphatic rings. The molecule has 0 aliphatic heterocycles. The van der Waals surface area contributed by atoms with Crippen molar-refractivity contribution in [3.05, 3.63) is 17.8 Å². The number of nitrogens with zero attached hydrogens (tertiary/aromatic N) is 1. The zero-order chi connectivity index (χ0) is 12.5. The summed E-state index contributed by atoms with van der Waals surface area (Å²) >= 11 is 0. The predicted molar refractivity (Wildman–Crippen MR) is 55.1 cm³/mol. The Kier molecular flexibility index (Phi) is 3.42. The summed E-state index contributed by atoms with van der Waals surface area (Å²) in [6, 6.07) is 0. The van der Waals surface area contributed by atoms with E-state index >= 15 is 0 Å². The Morgan fingerprint density at radius 1 is 1.35 bits per heavy atom. The molecular formula is C11H15F3N2O. The van der Waals surface area contributed by atoms with Crippen molar-refractivity contribution in [2.24, 2.45) is 11.7 Å².